The van der Waals surface area contributed by atoms with E-state index >= 15 is 0 Å². The first-order valence-corrected chi connectivity index (χ1v) is 13.6. The average molecular weight is 421 g/mol. The van der Waals surface area contributed by atoms with E-state index in [0.29, 0.717) is 16.6 Å². The van der Waals surface area contributed by atoms with Gasteiger partial charge in [-0.15, -0.1) is 0 Å². The molecule has 0 heterocycles. The first-order valence-electron chi connectivity index (χ1n) is 7.55. The Morgan fingerprint density at radius 1 is 0.727 bits per heavy atom. The summed E-state index contributed by atoms with van der Waals surface area (Å²) in [5.74, 6) is 0. The third-order valence-corrected chi connectivity index (χ3v) is 22.7. The molecule has 0 aliphatic heterocycles. The molecule has 4 N–H and O–H groups in total. The van der Waals surface area contributed by atoms with E-state index in [1.54, 1.807) is 0 Å². The van der Waals surface area contributed by atoms with Crippen LogP contribution in [0.15, 0.2) is 0 Å². The molecule has 0 atom stereocenters. The maximum Gasteiger partial charge on any atom is 2.00 e. The van der Waals surface area contributed by atoms with Crippen LogP contribution in [0.2, 0.25) is 36.3 Å². The van der Waals surface area contributed by atoms with Crippen LogP contribution in [0.5, 0.6) is 0 Å². The summed E-state index contributed by atoms with van der Waals surface area (Å²) in [4.78, 5) is -0.0365. The fraction of sp³-hybridized carbons (Fsp3) is 1.00. The van der Waals surface area contributed by atoms with E-state index in [-0.39, 0.29) is 51.3 Å². The van der Waals surface area contributed by atoms with Gasteiger partial charge in [-0.1, -0.05) is 67.7 Å². The Bertz CT molecular complexity index is 298. The molecule has 0 aromatic rings. The van der Waals surface area contributed by atoms with E-state index in [0.717, 1.165) is 6.42 Å². The van der Waals surface area contributed by atoms with Gasteiger partial charge in [0, 0.05) is 4.79 Å². The summed E-state index contributed by atoms with van der Waals surface area (Å²) in [6.45, 7) is 24.8. The van der Waals surface area contributed by atoms with Crippen molar-refractivity contribution in [2.24, 2.45) is 11.5 Å². The van der Waals surface area contributed by atoms with Crippen LogP contribution in [0.4, 0.5) is 0 Å². The van der Waals surface area contributed by atoms with Gasteiger partial charge >= 0.3 is 21.7 Å². The summed E-state index contributed by atoms with van der Waals surface area (Å²) in [5.41, 5.74) is 13.1. The maximum absolute atomic E-state index is 7.18. The Morgan fingerprint density at radius 2 is 0.955 bits per heavy atom. The van der Waals surface area contributed by atoms with Crippen molar-refractivity contribution in [3.05, 3.63) is 0 Å². The molecule has 0 aliphatic rings. The Balaban J connectivity index is -0.000000540. The van der Waals surface area contributed by atoms with Crippen molar-refractivity contribution in [1.29, 1.82) is 0 Å². The minimum absolute atomic E-state index is 0. The quantitative estimate of drug-likeness (QED) is 0.523. The molecule has 0 aromatic carbocycles. The van der Waals surface area contributed by atoms with Crippen LogP contribution in [-0.2, 0) is 21.7 Å². The van der Waals surface area contributed by atoms with Gasteiger partial charge in [0.1, 0.15) is 0 Å². The normalized spacial score (nSPS) is 13.6. The molecule has 0 unspecified atom stereocenters. The van der Waals surface area contributed by atoms with E-state index in [1.807, 2.05) is 0 Å². The monoisotopic (exact) mass is 420 g/mol. The van der Waals surface area contributed by atoms with Crippen molar-refractivity contribution in [1.82, 2.24) is 0 Å². The second-order valence-corrected chi connectivity index (χ2v) is 21.0. The topological polar surface area (TPSA) is 52.0 Å². The van der Waals surface area contributed by atoms with Crippen molar-refractivity contribution in [2.75, 3.05) is 6.54 Å². The van der Waals surface area contributed by atoms with Gasteiger partial charge < -0.3 is 36.3 Å². The minimum Gasteiger partial charge on any atom is -1.00 e. The smallest absolute Gasteiger partial charge is 1.00 e. The zero-order valence-electron chi connectivity index (χ0n) is 16.3. The number of rotatable bonds is 4. The van der Waals surface area contributed by atoms with Crippen LogP contribution in [0.25, 0.3) is 0 Å². The molecule has 134 valence electrons. The largest absolute Gasteiger partial charge is 2.00 e. The van der Waals surface area contributed by atoms with Crippen LogP contribution in [0, 0.1) is 0 Å². The molecule has 22 heavy (non-hydrogen) atoms. The first-order chi connectivity index (χ1) is 8.06. The molecule has 0 aliphatic carbocycles. The van der Waals surface area contributed by atoms with Gasteiger partial charge in [0.25, 0.3) is 0 Å². The van der Waals surface area contributed by atoms with Crippen LogP contribution in [-0.4, -0.2) is 27.5 Å². The van der Waals surface area contributed by atoms with Crippen LogP contribution in [0.3, 0.4) is 0 Å². The molecule has 0 radical (unpaired) electrons. The van der Waals surface area contributed by atoms with E-state index in [9.17, 15) is 0 Å². The molecule has 7 heteroatoms. The summed E-state index contributed by atoms with van der Waals surface area (Å²) in [5, 5.41) is 0.596. The molecule has 0 saturated carbocycles. The van der Waals surface area contributed by atoms with Gasteiger partial charge in [0.15, 0.2) is 0 Å². The zero-order chi connectivity index (χ0) is 15.9. The average Bonchev–Trinajstić information content (AvgIpc) is 2.13. The standard InChI is InChI=1S/C15H38N2Si2.2ClH.Ti/c1-13(2,3)18(7,8)15(17,11-12-16)19(9,10)14(4,5)6;;;/h11-12,16-17H2,1-10H3;2*1H;/q;;;+2/p-2. The molecular weight excluding hydrogens is 383 g/mol. The van der Waals surface area contributed by atoms with Gasteiger partial charge in [-0.2, -0.15) is 0 Å². The van der Waals surface area contributed by atoms with Crippen molar-refractivity contribution in [3.8, 4) is 0 Å². The molecule has 0 bridgehead atoms. The van der Waals surface area contributed by atoms with Crippen molar-refractivity contribution >= 4 is 16.1 Å². The van der Waals surface area contributed by atoms with E-state index in [4.69, 9.17) is 11.5 Å². The van der Waals surface area contributed by atoms with Crippen molar-refractivity contribution < 1.29 is 46.5 Å². The SMILES string of the molecule is CC(C)(C)[Si](C)(C)C(N)(CCN)[Si](C)(C)C(C)(C)C.[Cl-].[Cl-].[Ti+2]. The fourth-order valence-corrected chi connectivity index (χ4v) is 15.7. The second-order valence-electron chi connectivity index (χ2n) is 9.26. The molecule has 0 fully saturated rings. The summed E-state index contributed by atoms with van der Waals surface area (Å²) in [6.07, 6.45) is 0.972. The Labute approximate surface area is 169 Å². The molecule has 0 amide bonds. The van der Waals surface area contributed by atoms with Crippen LogP contribution in [0.1, 0.15) is 48.0 Å². The third-order valence-electron chi connectivity index (χ3n) is 6.52. The van der Waals surface area contributed by atoms with Gasteiger partial charge in [-0.25, -0.2) is 0 Å². The van der Waals surface area contributed by atoms with E-state index < -0.39 is 16.1 Å². The molecule has 0 aromatic heterocycles. The van der Waals surface area contributed by atoms with E-state index in [2.05, 4.69) is 67.7 Å². The Kier molecular flexibility index (Phi) is 13.4. The van der Waals surface area contributed by atoms with Crippen molar-refractivity contribution in [2.45, 2.75) is 89.0 Å². The molecule has 2 nitrogen and oxygen atoms in total. The Morgan fingerprint density at radius 3 is 1.09 bits per heavy atom. The maximum atomic E-state index is 7.18. The summed E-state index contributed by atoms with van der Waals surface area (Å²) in [7, 11) is -3.33. The summed E-state index contributed by atoms with van der Waals surface area (Å²) >= 11 is 0. The predicted octanol–water partition coefficient (Wildman–Crippen LogP) is -1.87. The molecule has 0 rings (SSSR count). The zero-order valence-corrected chi connectivity index (χ0v) is 21.4. The van der Waals surface area contributed by atoms with Crippen LogP contribution >= 0.6 is 0 Å². The van der Waals surface area contributed by atoms with E-state index in [1.165, 1.54) is 0 Å². The first kappa shape index (κ1) is 31.4. The summed E-state index contributed by atoms with van der Waals surface area (Å²) in [6, 6.07) is 0. The molecule has 0 saturated heterocycles. The summed E-state index contributed by atoms with van der Waals surface area (Å²) < 4.78 is 0. The number of hydrogen-bond donors (Lipinski definition) is 2. The minimum atomic E-state index is -1.67. The van der Waals surface area contributed by atoms with Gasteiger partial charge in [0.2, 0.25) is 0 Å². The Hall–Kier alpha value is 1.65. The number of halogens is 2. The van der Waals surface area contributed by atoms with Crippen molar-refractivity contribution in [3.63, 3.8) is 0 Å². The molecular formula is C15H38Cl2N2Si2Ti. The van der Waals surface area contributed by atoms with Gasteiger partial charge in [-0.05, 0) is 23.0 Å². The third kappa shape index (κ3) is 5.32. The van der Waals surface area contributed by atoms with Crippen LogP contribution < -0.4 is 36.3 Å². The molecule has 0 spiro atoms. The number of hydrogen-bond acceptors (Lipinski definition) is 2. The van der Waals surface area contributed by atoms with Gasteiger partial charge in [0.05, 0.1) is 16.1 Å². The number of nitrogens with two attached hydrogens (primary N) is 2. The van der Waals surface area contributed by atoms with Gasteiger partial charge in [-0.3, -0.25) is 0 Å². The second kappa shape index (κ2) is 9.37. The fourth-order valence-electron chi connectivity index (χ4n) is 2.97. The predicted molar refractivity (Wildman–Crippen MR) is 95.0 cm³/mol.